The second kappa shape index (κ2) is 5.21. The molecular weight excluding hydrogens is 248 g/mol. The Bertz CT molecular complexity index is 532. The van der Waals surface area contributed by atoms with Crippen LogP contribution in [0.1, 0.15) is 63.8 Å². The summed E-state index contributed by atoms with van der Waals surface area (Å²) in [4.78, 5) is 13.8. The predicted octanol–water partition coefficient (Wildman–Crippen LogP) is 3.30. The number of nitrogens with zero attached hydrogens (tertiary/aromatic N) is 1. The van der Waals surface area contributed by atoms with Gasteiger partial charge in [0.05, 0.1) is 0 Å². The van der Waals surface area contributed by atoms with E-state index < -0.39 is 0 Å². The zero-order chi connectivity index (χ0) is 15.1. The summed E-state index contributed by atoms with van der Waals surface area (Å²) in [6, 6.07) is 4.40. The number of hydrogen-bond acceptors (Lipinski definition) is 2. The third-order valence-electron chi connectivity index (χ3n) is 4.49. The molecule has 1 atom stereocenters. The lowest BCUT2D eigenvalue weighted by Gasteiger charge is -2.40. The van der Waals surface area contributed by atoms with Crippen LogP contribution in [0.5, 0.6) is 0 Å². The number of anilines is 1. The minimum atomic E-state index is -0.00547. The molecule has 0 aliphatic carbocycles. The number of aryl methyl sites for hydroxylation is 1. The van der Waals surface area contributed by atoms with Crippen molar-refractivity contribution in [3.63, 3.8) is 0 Å². The molecule has 0 saturated carbocycles. The van der Waals surface area contributed by atoms with Crippen molar-refractivity contribution in [1.29, 1.82) is 0 Å². The molecule has 0 radical (unpaired) electrons. The SMILES string of the molecule is CCc1cc2c(cc1[C@H](C)N)N(C(C)=O)CCC2(C)C. The van der Waals surface area contributed by atoms with Gasteiger partial charge in [0.15, 0.2) is 0 Å². The van der Waals surface area contributed by atoms with Crippen molar-refractivity contribution in [2.24, 2.45) is 5.73 Å². The zero-order valence-electron chi connectivity index (χ0n) is 13.3. The van der Waals surface area contributed by atoms with E-state index in [0.29, 0.717) is 0 Å². The van der Waals surface area contributed by atoms with Crippen molar-refractivity contribution < 1.29 is 4.79 Å². The maximum Gasteiger partial charge on any atom is 0.223 e. The van der Waals surface area contributed by atoms with Gasteiger partial charge in [0.2, 0.25) is 5.91 Å². The molecule has 2 N–H and O–H groups in total. The first-order valence-electron chi connectivity index (χ1n) is 7.49. The van der Waals surface area contributed by atoms with Gasteiger partial charge >= 0.3 is 0 Å². The first kappa shape index (κ1) is 15.0. The maximum absolute atomic E-state index is 11.9. The standard InChI is InChI=1S/C17H26N2O/c1-6-13-9-15-16(10-14(13)11(2)18)19(12(3)20)8-7-17(15,4)5/h9-11H,6-8,18H2,1-5H3/t11-/m0/s1. The number of hydrogen-bond donors (Lipinski definition) is 1. The van der Waals surface area contributed by atoms with E-state index in [1.54, 1.807) is 6.92 Å². The Hall–Kier alpha value is -1.35. The van der Waals surface area contributed by atoms with E-state index in [1.165, 1.54) is 11.1 Å². The monoisotopic (exact) mass is 274 g/mol. The van der Waals surface area contributed by atoms with Crippen LogP contribution in [-0.4, -0.2) is 12.5 Å². The van der Waals surface area contributed by atoms with Crippen LogP contribution in [-0.2, 0) is 16.6 Å². The number of carbonyl (C=O) groups excluding carboxylic acids is 1. The highest BCUT2D eigenvalue weighted by Gasteiger charge is 2.33. The molecule has 2 rings (SSSR count). The van der Waals surface area contributed by atoms with Crippen molar-refractivity contribution in [2.45, 2.75) is 58.9 Å². The molecule has 1 aliphatic rings. The van der Waals surface area contributed by atoms with Crippen LogP contribution in [0.2, 0.25) is 0 Å². The van der Waals surface area contributed by atoms with Crippen molar-refractivity contribution >= 4 is 11.6 Å². The average Bonchev–Trinajstić information content (AvgIpc) is 2.36. The zero-order valence-corrected chi connectivity index (χ0v) is 13.3. The van der Waals surface area contributed by atoms with Crippen molar-refractivity contribution in [3.8, 4) is 0 Å². The summed E-state index contributed by atoms with van der Waals surface area (Å²) in [7, 11) is 0. The molecule has 1 aromatic rings. The summed E-state index contributed by atoms with van der Waals surface area (Å²) in [5, 5.41) is 0. The van der Waals surface area contributed by atoms with Crippen LogP contribution >= 0.6 is 0 Å². The molecule has 110 valence electrons. The molecule has 0 aromatic heterocycles. The Labute approximate surface area is 122 Å². The molecule has 0 spiro atoms. The van der Waals surface area contributed by atoms with Crippen molar-refractivity contribution in [1.82, 2.24) is 0 Å². The lowest BCUT2D eigenvalue weighted by molar-refractivity contribution is -0.116. The van der Waals surface area contributed by atoms with E-state index in [2.05, 4.69) is 32.9 Å². The summed E-state index contributed by atoms with van der Waals surface area (Å²) in [6.45, 7) is 11.1. The van der Waals surface area contributed by atoms with Gasteiger partial charge in [-0.15, -0.1) is 0 Å². The number of benzene rings is 1. The van der Waals surface area contributed by atoms with Gasteiger partial charge in [0.25, 0.3) is 0 Å². The largest absolute Gasteiger partial charge is 0.324 e. The van der Waals surface area contributed by atoms with Crippen LogP contribution in [0, 0.1) is 0 Å². The number of rotatable bonds is 2. The second-order valence-electron chi connectivity index (χ2n) is 6.51. The molecule has 20 heavy (non-hydrogen) atoms. The second-order valence-corrected chi connectivity index (χ2v) is 6.51. The summed E-state index contributed by atoms with van der Waals surface area (Å²) < 4.78 is 0. The van der Waals surface area contributed by atoms with Gasteiger partial charge in [0.1, 0.15) is 0 Å². The lowest BCUT2D eigenvalue weighted by Crippen LogP contribution is -2.40. The molecule has 1 aliphatic heterocycles. The number of nitrogens with two attached hydrogens (primary N) is 1. The Kier molecular flexibility index (Phi) is 3.92. The summed E-state index contributed by atoms with van der Waals surface area (Å²) in [6.07, 6.45) is 1.97. The normalized spacial score (nSPS) is 18.6. The minimum Gasteiger partial charge on any atom is -0.324 e. The maximum atomic E-state index is 11.9. The van der Waals surface area contributed by atoms with Crippen LogP contribution in [0.3, 0.4) is 0 Å². The van der Waals surface area contributed by atoms with Gasteiger partial charge in [-0.05, 0) is 47.9 Å². The third-order valence-corrected chi connectivity index (χ3v) is 4.49. The minimum absolute atomic E-state index is 0.00547. The first-order chi connectivity index (χ1) is 9.27. The molecule has 1 heterocycles. The topological polar surface area (TPSA) is 46.3 Å². The fraction of sp³-hybridized carbons (Fsp3) is 0.588. The fourth-order valence-corrected chi connectivity index (χ4v) is 3.12. The van der Waals surface area contributed by atoms with Gasteiger partial charge < -0.3 is 10.6 Å². The fourth-order valence-electron chi connectivity index (χ4n) is 3.12. The molecule has 1 aromatic carbocycles. The van der Waals surface area contributed by atoms with E-state index >= 15 is 0 Å². The van der Waals surface area contributed by atoms with Gasteiger partial charge in [0, 0.05) is 25.2 Å². The van der Waals surface area contributed by atoms with E-state index in [0.717, 1.165) is 30.6 Å². The molecule has 0 bridgehead atoms. The van der Waals surface area contributed by atoms with E-state index in [9.17, 15) is 4.79 Å². The molecule has 0 saturated heterocycles. The van der Waals surface area contributed by atoms with Crippen LogP contribution in [0.15, 0.2) is 12.1 Å². The van der Waals surface area contributed by atoms with Crippen LogP contribution < -0.4 is 10.6 Å². The Morgan fingerprint density at radius 2 is 2.10 bits per heavy atom. The lowest BCUT2D eigenvalue weighted by atomic mass is 9.76. The summed E-state index contributed by atoms with van der Waals surface area (Å²) >= 11 is 0. The molecular formula is C17H26N2O. The third kappa shape index (κ3) is 2.47. The Morgan fingerprint density at radius 1 is 1.45 bits per heavy atom. The van der Waals surface area contributed by atoms with Gasteiger partial charge in [-0.3, -0.25) is 4.79 Å². The highest BCUT2D eigenvalue weighted by Crippen LogP contribution is 2.42. The van der Waals surface area contributed by atoms with Gasteiger partial charge in [-0.25, -0.2) is 0 Å². The summed E-state index contributed by atoms with van der Waals surface area (Å²) in [5.41, 5.74) is 11.0. The molecule has 3 heteroatoms. The number of amides is 1. The van der Waals surface area contributed by atoms with E-state index in [1.807, 2.05) is 11.8 Å². The average molecular weight is 274 g/mol. The quantitative estimate of drug-likeness (QED) is 0.899. The smallest absolute Gasteiger partial charge is 0.223 e. The first-order valence-corrected chi connectivity index (χ1v) is 7.49. The van der Waals surface area contributed by atoms with Crippen LogP contribution in [0.4, 0.5) is 5.69 Å². The molecule has 3 nitrogen and oxygen atoms in total. The number of carbonyl (C=O) groups is 1. The van der Waals surface area contributed by atoms with Gasteiger partial charge in [-0.1, -0.05) is 26.8 Å². The van der Waals surface area contributed by atoms with Crippen LogP contribution in [0.25, 0.3) is 0 Å². The highest BCUT2D eigenvalue weighted by molar-refractivity contribution is 5.93. The van der Waals surface area contributed by atoms with Crippen molar-refractivity contribution in [3.05, 3.63) is 28.8 Å². The Balaban J connectivity index is 2.67. The molecule has 1 amide bonds. The summed E-state index contributed by atoms with van der Waals surface area (Å²) in [5.74, 6) is 0.113. The van der Waals surface area contributed by atoms with Gasteiger partial charge in [-0.2, -0.15) is 0 Å². The Morgan fingerprint density at radius 3 is 2.60 bits per heavy atom. The van der Waals surface area contributed by atoms with Crippen molar-refractivity contribution in [2.75, 3.05) is 11.4 Å². The number of fused-ring (bicyclic) bond motifs is 1. The van der Waals surface area contributed by atoms with E-state index in [-0.39, 0.29) is 17.4 Å². The highest BCUT2D eigenvalue weighted by atomic mass is 16.2. The molecule has 0 unspecified atom stereocenters. The predicted molar refractivity (Wildman–Crippen MR) is 84.1 cm³/mol. The molecule has 0 fully saturated rings. The van der Waals surface area contributed by atoms with E-state index in [4.69, 9.17) is 5.73 Å².